The molecule has 3 aromatic rings. The Labute approximate surface area is 116 Å². The fourth-order valence-electron chi connectivity index (χ4n) is 1.77. The van der Waals surface area contributed by atoms with E-state index in [9.17, 15) is 4.79 Å². The first-order valence-electron chi connectivity index (χ1n) is 5.40. The minimum Gasteiger partial charge on any atom is -0.478 e. The number of carboxylic acid groups (broad SMARTS) is 1. The number of nitrogens with zero attached hydrogens (tertiary/aromatic N) is 2. The molecular formula is C13H7BrN2O3. The lowest BCUT2D eigenvalue weighted by molar-refractivity contribution is 0.0696. The third-order valence-corrected chi connectivity index (χ3v) is 3.33. The molecule has 0 radical (unpaired) electrons. The molecule has 1 aromatic carbocycles. The van der Waals surface area contributed by atoms with Crippen LogP contribution in [-0.4, -0.2) is 21.2 Å². The Morgan fingerprint density at radius 1 is 1.26 bits per heavy atom. The summed E-state index contributed by atoms with van der Waals surface area (Å²) in [7, 11) is 0. The number of aromatic carboxylic acids is 1. The lowest BCUT2D eigenvalue weighted by Gasteiger charge is -1.97. The molecule has 0 bridgehead atoms. The highest BCUT2D eigenvalue weighted by Gasteiger charge is 2.14. The number of para-hydroxylation sites is 1. The summed E-state index contributed by atoms with van der Waals surface area (Å²) in [6, 6.07) is 8.71. The number of aromatic nitrogens is 2. The Bertz CT molecular complexity index is 765. The predicted molar refractivity (Wildman–Crippen MR) is 71.9 cm³/mol. The molecule has 5 nitrogen and oxygen atoms in total. The van der Waals surface area contributed by atoms with Gasteiger partial charge in [-0.25, -0.2) is 4.79 Å². The smallest absolute Gasteiger partial charge is 0.337 e. The van der Waals surface area contributed by atoms with Crippen LogP contribution in [0.1, 0.15) is 10.4 Å². The van der Waals surface area contributed by atoms with Gasteiger partial charge in [0.25, 0.3) is 0 Å². The molecule has 0 amide bonds. The standard InChI is InChI=1S/C13H7BrN2O3/c14-9-3-1-2-8-11(16-19-12(8)9)10-5-4-7(6-15-10)13(17)18/h1-6H,(H,17,18). The van der Waals surface area contributed by atoms with Crippen LogP contribution in [0.25, 0.3) is 22.4 Å². The minimum absolute atomic E-state index is 0.137. The Balaban J connectivity index is 2.14. The van der Waals surface area contributed by atoms with Crippen molar-refractivity contribution in [3.05, 3.63) is 46.6 Å². The molecule has 0 unspecified atom stereocenters. The first-order valence-corrected chi connectivity index (χ1v) is 6.20. The topological polar surface area (TPSA) is 76.2 Å². The molecule has 0 fully saturated rings. The number of fused-ring (bicyclic) bond motifs is 1. The zero-order valence-electron chi connectivity index (χ0n) is 9.50. The van der Waals surface area contributed by atoms with Crippen LogP contribution in [0.4, 0.5) is 0 Å². The molecule has 0 saturated heterocycles. The summed E-state index contributed by atoms with van der Waals surface area (Å²) >= 11 is 3.38. The average Bonchev–Trinajstić information content (AvgIpc) is 2.84. The highest BCUT2D eigenvalue weighted by Crippen LogP contribution is 2.31. The van der Waals surface area contributed by atoms with Gasteiger partial charge in [0.1, 0.15) is 5.69 Å². The molecule has 0 aliphatic carbocycles. The molecule has 0 saturated carbocycles. The average molecular weight is 319 g/mol. The fourth-order valence-corrected chi connectivity index (χ4v) is 2.21. The van der Waals surface area contributed by atoms with Crippen molar-refractivity contribution in [2.45, 2.75) is 0 Å². The third-order valence-electron chi connectivity index (χ3n) is 2.70. The summed E-state index contributed by atoms with van der Waals surface area (Å²) < 4.78 is 6.07. The lowest BCUT2D eigenvalue weighted by Crippen LogP contribution is -1.97. The van der Waals surface area contributed by atoms with Crippen molar-refractivity contribution in [2.75, 3.05) is 0 Å². The summed E-state index contributed by atoms with van der Waals surface area (Å²) in [6.45, 7) is 0. The van der Waals surface area contributed by atoms with Crippen LogP contribution in [0.2, 0.25) is 0 Å². The molecule has 0 aliphatic rings. The zero-order chi connectivity index (χ0) is 13.4. The van der Waals surface area contributed by atoms with Gasteiger partial charge in [0.15, 0.2) is 5.58 Å². The summed E-state index contributed by atoms with van der Waals surface area (Å²) in [5, 5.41) is 13.6. The number of carbonyl (C=O) groups is 1. The fraction of sp³-hybridized carbons (Fsp3) is 0. The maximum Gasteiger partial charge on any atom is 0.337 e. The molecule has 94 valence electrons. The van der Waals surface area contributed by atoms with Crippen LogP contribution >= 0.6 is 15.9 Å². The van der Waals surface area contributed by atoms with Gasteiger partial charge in [0.2, 0.25) is 0 Å². The van der Waals surface area contributed by atoms with E-state index in [1.54, 1.807) is 6.07 Å². The summed E-state index contributed by atoms with van der Waals surface area (Å²) in [4.78, 5) is 14.9. The maximum absolute atomic E-state index is 10.8. The quantitative estimate of drug-likeness (QED) is 0.784. The number of pyridine rings is 1. The van der Waals surface area contributed by atoms with E-state index in [0.29, 0.717) is 17.0 Å². The van der Waals surface area contributed by atoms with Crippen molar-refractivity contribution in [3.8, 4) is 11.4 Å². The highest BCUT2D eigenvalue weighted by atomic mass is 79.9. The monoisotopic (exact) mass is 318 g/mol. The number of benzene rings is 1. The van der Waals surface area contributed by atoms with Crippen molar-refractivity contribution in [2.24, 2.45) is 0 Å². The first kappa shape index (κ1) is 11.9. The second kappa shape index (κ2) is 4.47. The van der Waals surface area contributed by atoms with Crippen LogP contribution < -0.4 is 0 Å². The summed E-state index contributed by atoms with van der Waals surface area (Å²) in [5.41, 5.74) is 1.94. The molecule has 0 aliphatic heterocycles. The normalized spacial score (nSPS) is 10.8. The predicted octanol–water partition coefficient (Wildman–Crippen LogP) is 3.35. The molecule has 2 heterocycles. The molecular weight excluding hydrogens is 312 g/mol. The Morgan fingerprint density at radius 3 is 2.79 bits per heavy atom. The van der Waals surface area contributed by atoms with E-state index in [1.165, 1.54) is 12.3 Å². The third kappa shape index (κ3) is 2.00. The summed E-state index contributed by atoms with van der Waals surface area (Å²) in [5.74, 6) is -1.01. The zero-order valence-corrected chi connectivity index (χ0v) is 11.1. The van der Waals surface area contributed by atoms with Crippen LogP contribution in [0, 0.1) is 0 Å². The van der Waals surface area contributed by atoms with Crippen LogP contribution in [0.5, 0.6) is 0 Å². The molecule has 3 rings (SSSR count). The maximum atomic E-state index is 10.8. The SMILES string of the molecule is O=C(O)c1ccc(-c2noc3c(Br)cccc23)nc1. The second-order valence-corrected chi connectivity index (χ2v) is 4.74. The van der Waals surface area contributed by atoms with Crippen molar-refractivity contribution < 1.29 is 14.4 Å². The van der Waals surface area contributed by atoms with Gasteiger partial charge < -0.3 is 9.63 Å². The number of halogens is 1. The van der Waals surface area contributed by atoms with Gasteiger partial charge in [-0.2, -0.15) is 0 Å². The van der Waals surface area contributed by atoms with Crippen LogP contribution in [0.3, 0.4) is 0 Å². The van der Waals surface area contributed by atoms with Crippen molar-refractivity contribution >= 4 is 32.9 Å². The van der Waals surface area contributed by atoms with Gasteiger partial charge in [-0.1, -0.05) is 11.2 Å². The van der Waals surface area contributed by atoms with E-state index in [-0.39, 0.29) is 5.56 Å². The minimum atomic E-state index is -1.01. The van der Waals surface area contributed by atoms with Gasteiger partial charge in [-0.05, 0) is 40.2 Å². The van der Waals surface area contributed by atoms with Crippen molar-refractivity contribution in [1.82, 2.24) is 10.1 Å². The van der Waals surface area contributed by atoms with E-state index in [0.717, 1.165) is 9.86 Å². The lowest BCUT2D eigenvalue weighted by atomic mass is 10.1. The number of carboxylic acids is 1. The van der Waals surface area contributed by atoms with Crippen LogP contribution in [-0.2, 0) is 0 Å². The largest absolute Gasteiger partial charge is 0.478 e. The van der Waals surface area contributed by atoms with Gasteiger partial charge in [-0.3, -0.25) is 4.98 Å². The molecule has 1 N–H and O–H groups in total. The van der Waals surface area contributed by atoms with Gasteiger partial charge in [-0.15, -0.1) is 0 Å². The molecule has 0 atom stereocenters. The number of hydrogen-bond donors (Lipinski definition) is 1. The van der Waals surface area contributed by atoms with Gasteiger partial charge >= 0.3 is 5.97 Å². The number of rotatable bonds is 2. The van der Waals surface area contributed by atoms with Gasteiger partial charge in [0.05, 0.1) is 21.1 Å². The van der Waals surface area contributed by atoms with E-state index in [1.807, 2.05) is 18.2 Å². The molecule has 19 heavy (non-hydrogen) atoms. The molecule has 6 heteroatoms. The Morgan fingerprint density at radius 2 is 2.11 bits per heavy atom. The molecule has 0 spiro atoms. The van der Waals surface area contributed by atoms with Crippen molar-refractivity contribution in [3.63, 3.8) is 0 Å². The van der Waals surface area contributed by atoms with Gasteiger partial charge in [0, 0.05) is 6.20 Å². The number of hydrogen-bond acceptors (Lipinski definition) is 4. The van der Waals surface area contributed by atoms with E-state index in [4.69, 9.17) is 9.63 Å². The highest BCUT2D eigenvalue weighted by molar-refractivity contribution is 9.10. The Hall–Kier alpha value is -2.21. The summed E-state index contributed by atoms with van der Waals surface area (Å²) in [6.07, 6.45) is 1.30. The van der Waals surface area contributed by atoms with E-state index >= 15 is 0 Å². The first-order chi connectivity index (χ1) is 9.16. The second-order valence-electron chi connectivity index (χ2n) is 3.88. The van der Waals surface area contributed by atoms with E-state index < -0.39 is 5.97 Å². The van der Waals surface area contributed by atoms with E-state index in [2.05, 4.69) is 26.1 Å². The van der Waals surface area contributed by atoms with Crippen LogP contribution in [0.15, 0.2) is 45.5 Å². The Kier molecular flexibility index (Phi) is 2.79. The molecule has 2 aromatic heterocycles. The van der Waals surface area contributed by atoms with Crippen molar-refractivity contribution in [1.29, 1.82) is 0 Å².